The SMILES string of the molecule is CCN(CCO)Cc1ccccc1C(C)(C)C#N. The zero-order valence-corrected chi connectivity index (χ0v) is 11.5. The smallest absolute Gasteiger partial charge is 0.0769 e. The lowest BCUT2D eigenvalue weighted by molar-refractivity contribution is 0.196. The molecular formula is C15H22N2O. The van der Waals surface area contributed by atoms with Gasteiger partial charge in [-0.05, 0) is 31.5 Å². The molecule has 18 heavy (non-hydrogen) atoms. The molecule has 0 saturated heterocycles. The lowest BCUT2D eigenvalue weighted by Gasteiger charge is -2.25. The summed E-state index contributed by atoms with van der Waals surface area (Å²) >= 11 is 0. The average Bonchev–Trinajstić information content (AvgIpc) is 2.38. The van der Waals surface area contributed by atoms with Gasteiger partial charge in [-0.1, -0.05) is 31.2 Å². The molecule has 0 aliphatic heterocycles. The minimum absolute atomic E-state index is 0.164. The van der Waals surface area contributed by atoms with Gasteiger partial charge in [0.15, 0.2) is 0 Å². The zero-order valence-electron chi connectivity index (χ0n) is 11.5. The largest absolute Gasteiger partial charge is 0.395 e. The molecule has 3 nitrogen and oxygen atoms in total. The van der Waals surface area contributed by atoms with Crippen molar-refractivity contribution in [1.29, 1.82) is 5.26 Å². The van der Waals surface area contributed by atoms with Crippen LogP contribution in [0.2, 0.25) is 0 Å². The summed E-state index contributed by atoms with van der Waals surface area (Å²) in [7, 11) is 0. The maximum Gasteiger partial charge on any atom is 0.0769 e. The number of hydrogen-bond donors (Lipinski definition) is 1. The van der Waals surface area contributed by atoms with Crippen LogP contribution in [0.5, 0.6) is 0 Å². The molecule has 0 saturated carbocycles. The van der Waals surface area contributed by atoms with Gasteiger partial charge in [-0.15, -0.1) is 0 Å². The van der Waals surface area contributed by atoms with Crippen molar-refractivity contribution in [1.82, 2.24) is 4.90 Å². The van der Waals surface area contributed by atoms with E-state index >= 15 is 0 Å². The van der Waals surface area contributed by atoms with Crippen molar-refractivity contribution in [3.05, 3.63) is 35.4 Å². The van der Waals surface area contributed by atoms with Crippen LogP contribution in [0.4, 0.5) is 0 Å². The quantitative estimate of drug-likeness (QED) is 0.838. The average molecular weight is 246 g/mol. The number of nitriles is 1. The Morgan fingerprint density at radius 1 is 1.33 bits per heavy atom. The predicted molar refractivity (Wildman–Crippen MR) is 73.1 cm³/mol. The number of nitrogens with zero attached hydrogens (tertiary/aromatic N) is 2. The Bertz CT molecular complexity index is 421. The molecule has 1 rings (SSSR count). The first-order valence-corrected chi connectivity index (χ1v) is 6.38. The van der Waals surface area contributed by atoms with E-state index in [0.717, 1.165) is 18.7 Å². The highest BCUT2D eigenvalue weighted by Gasteiger charge is 2.23. The molecule has 98 valence electrons. The van der Waals surface area contributed by atoms with Crippen LogP contribution in [0.25, 0.3) is 0 Å². The van der Waals surface area contributed by atoms with Crippen LogP contribution in [0.3, 0.4) is 0 Å². The Balaban J connectivity index is 2.99. The third-order valence-electron chi connectivity index (χ3n) is 3.23. The van der Waals surface area contributed by atoms with Gasteiger partial charge >= 0.3 is 0 Å². The van der Waals surface area contributed by atoms with Gasteiger partial charge in [0.05, 0.1) is 18.1 Å². The second kappa shape index (κ2) is 6.53. The Hall–Kier alpha value is -1.37. The molecule has 1 aromatic rings. The van der Waals surface area contributed by atoms with Gasteiger partial charge in [0.25, 0.3) is 0 Å². The number of aliphatic hydroxyl groups excluding tert-OH is 1. The predicted octanol–water partition coefficient (Wildman–Crippen LogP) is 2.30. The van der Waals surface area contributed by atoms with E-state index in [9.17, 15) is 5.26 Å². The molecule has 0 fully saturated rings. The van der Waals surface area contributed by atoms with Crippen molar-refractivity contribution in [3.8, 4) is 6.07 Å². The molecule has 0 aliphatic rings. The lowest BCUT2D eigenvalue weighted by atomic mass is 9.83. The molecule has 0 heterocycles. The third kappa shape index (κ3) is 3.56. The van der Waals surface area contributed by atoms with E-state index in [-0.39, 0.29) is 6.61 Å². The fourth-order valence-corrected chi connectivity index (χ4v) is 2.06. The van der Waals surface area contributed by atoms with E-state index in [0.29, 0.717) is 6.54 Å². The van der Waals surface area contributed by atoms with Crippen molar-refractivity contribution in [2.45, 2.75) is 32.7 Å². The molecule has 1 aromatic carbocycles. The van der Waals surface area contributed by atoms with E-state index in [1.54, 1.807) is 0 Å². The molecule has 0 unspecified atom stereocenters. The monoisotopic (exact) mass is 246 g/mol. The fourth-order valence-electron chi connectivity index (χ4n) is 2.06. The van der Waals surface area contributed by atoms with Crippen LogP contribution in [0.1, 0.15) is 31.9 Å². The summed E-state index contributed by atoms with van der Waals surface area (Å²) in [6.07, 6.45) is 0. The van der Waals surface area contributed by atoms with Gasteiger partial charge in [0.1, 0.15) is 0 Å². The molecule has 0 atom stereocenters. The molecular weight excluding hydrogens is 224 g/mol. The van der Waals surface area contributed by atoms with E-state index in [1.165, 1.54) is 5.56 Å². The molecule has 0 aromatic heterocycles. The lowest BCUT2D eigenvalue weighted by Crippen LogP contribution is -2.28. The summed E-state index contributed by atoms with van der Waals surface area (Å²) in [6.45, 7) is 8.45. The molecule has 0 aliphatic carbocycles. The number of benzene rings is 1. The first kappa shape index (κ1) is 14.7. The number of likely N-dealkylation sites (N-methyl/N-ethyl adjacent to an activating group) is 1. The fraction of sp³-hybridized carbons (Fsp3) is 0.533. The molecule has 0 radical (unpaired) electrons. The van der Waals surface area contributed by atoms with E-state index in [4.69, 9.17) is 5.11 Å². The van der Waals surface area contributed by atoms with Crippen LogP contribution in [-0.4, -0.2) is 29.7 Å². The number of aliphatic hydroxyl groups is 1. The Labute approximate surface area is 110 Å². The molecule has 1 N–H and O–H groups in total. The van der Waals surface area contributed by atoms with E-state index in [1.807, 2.05) is 32.0 Å². The van der Waals surface area contributed by atoms with Gasteiger partial charge in [0, 0.05) is 13.1 Å². The third-order valence-corrected chi connectivity index (χ3v) is 3.23. The van der Waals surface area contributed by atoms with E-state index < -0.39 is 5.41 Å². The highest BCUT2D eigenvalue weighted by molar-refractivity contribution is 5.37. The normalized spacial score (nSPS) is 11.6. The maximum absolute atomic E-state index is 9.26. The minimum Gasteiger partial charge on any atom is -0.395 e. The minimum atomic E-state index is -0.477. The van der Waals surface area contributed by atoms with Crippen LogP contribution in [0.15, 0.2) is 24.3 Å². The van der Waals surface area contributed by atoms with Gasteiger partial charge in [0.2, 0.25) is 0 Å². The van der Waals surface area contributed by atoms with Crippen LogP contribution >= 0.6 is 0 Å². The first-order chi connectivity index (χ1) is 8.55. The highest BCUT2D eigenvalue weighted by atomic mass is 16.3. The van der Waals surface area contributed by atoms with Crippen LogP contribution < -0.4 is 0 Å². The summed E-state index contributed by atoms with van der Waals surface area (Å²) in [6, 6.07) is 10.4. The van der Waals surface area contributed by atoms with Gasteiger partial charge in [-0.3, -0.25) is 4.90 Å². The Morgan fingerprint density at radius 2 is 2.00 bits per heavy atom. The summed E-state index contributed by atoms with van der Waals surface area (Å²) < 4.78 is 0. The van der Waals surface area contributed by atoms with Crippen molar-refractivity contribution in [3.63, 3.8) is 0 Å². The van der Waals surface area contributed by atoms with Crippen molar-refractivity contribution in [2.75, 3.05) is 19.7 Å². The molecule has 3 heteroatoms. The Morgan fingerprint density at radius 3 is 2.56 bits per heavy atom. The summed E-state index contributed by atoms with van der Waals surface area (Å²) in [5.41, 5.74) is 1.76. The van der Waals surface area contributed by atoms with Crippen molar-refractivity contribution < 1.29 is 5.11 Å². The number of rotatable bonds is 6. The maximum atomic E-state index is 9.26. The summed E-state index contributed by atoms with van der Waals surface area (Å²) in [5, 5.41) is 18.3. The standard InChI is InChI=1S/C15H22N2O/c1-4-17(9-10-18)11-13-7-5-6-8-14(13)15(2,3)12-16/h5-8,18H,4,9-11H2,1-3H3. The van der Waals surface area contributed by atoms with Crippen LogP contribution in [0, 0.1) is 11.3 Å². The van der Waals surface area contributed by atoms with Gasteiger partial charge in [-0.25, -0.2) is 0 Å². The topological polar surface area (TPSA) is 47.3 Å². The summed E-state index contributed by atoms with van der Waals surface area (Å²) in [4.78, 5) is 2.17. The zero-order chi connectivity index (χ0) is 13.6. The van der Waals surface area contributed by atoms with Gasteiger partial charge < -0.3 is 5.11 Å². The molecule has 0 bridgehead atoms. The summed E-state index contributed by atoms with van der Waals surface area (Å²) in [5.74, 6) is 0. The van der Waals surface area contributed by atoms with E-state index in [2.05, 4.69) is 24.0 Å². The van der Waals surface area contributed by atoms with Crippen LogP contribution in [-0.2, 0) is 12.0 Å². The Kier molecular flexibility index (Phi) is 5.33. The molecule has 0 spiro atoms. The highest BCUT2D eigenvalue weighted by Crippen LogP contribution is 2.26. The van der Waals surface area contributed by atoms with Crippen molar-refractivity contribution in [2.24, 2.45) is 0 Å². The number of hydrogen-bond acceptors (Lipinski definition) is 3. The second-order valence-corrected chi connectivity index (χ2v) is 4.99. The molecule has 0 amide bonds. The second-order valence-electron chi connectivity index (χ2n) is 4.99. The van der Waals surface area contributed by atoms with Crippen molar-refractivity contribution >= 4 is 0 Å². The van der Waals surface area contributed by atoms with Gasteiger partial charge in [-0.2, -0.15) is 5.26 Å². The first-order valence-electron chi connectivity index (χ1n) is 6.38.